The number of nitrogens with two attached hydrogens (primary N) is 1. The lowest BCUT2D eigenvalue weighted by molar-refractivity contribution is 0.141. The van der Waals surface area contributed by atoms with E-state index in [-0.39, 0.29) is 5.56 Å². The van der Waals surface area contributed by atoms with E-state index < -0.39 is 17.7 Å². The lowest BCUT2D eigenvalue weighted by atomic mass is 10.0. The second-order valence-electron chi connectivity index (χ2n) is 4.85. The highest BCUT2D eigenvalue weighted by atomic mass is 19.2. The van der Waals surface area contributed by atoms with Gasteiger partial charge in [-0.05, 0) is 18.9 Å². The Morgan fingerprint density at radius 2 is 2.11 bits per heavy atom. The Morgan fingerprint density at radius 1 is 1.26 bits per heavy atom. The molecule has 0 spiro atoms. The minimum Gasteiger partial charge on any atom is -0.380 e. The molecule has 106 valence electrons. The van der Waals surface area contributed by atoms with Crippen LogP contribution in [0.25, 0.3) is 0 Å². The highest BCUT2D eigenvalue weighted by Crippen LogP contribution is 2.20. The van der Waals surface area contributed by atoms with E-state index in [0.29, 0.717) is 6.42 Å². The standard InChI is InChI=1S/C14H20F2N2O/c15-12-4-1-3-11(14(12)16)13(17)5-7-18-6-2-9-19-10-8-18/h1,3-4,13H,2,5-10,17H2. The molecule has 1 atom stereocenters. The summed E-state index contributed by atoms with van der Waals surface area (Å²) in [5, 5.41) is 0. The maximum absolute atomic E-state index is 13.6. The molecule has 5 heteroatoms. The average molecular weight is 270 g/mol. The highest BCUT2D eigenvalue weighted by molar-refractivity contribution is 5.22. The van der Waals surface area contributed by atoms with E-state index in [4.69, 9.17) is 10.5 Å². The van der Waals surface area contributed by atoms with Crippen LogP contribution in [0.4, 0.5) is 8.78 Å². The van der Waals surface area contributed by atoms with Crippen molar-refractivity contribution in [1.82, 2.24) is 4.90 Å². The summed E-state index contributed by atoms with van der Waals surface area (Å²) in [6, 6.07) is 3.68. The zero-order chi connectivity index (χ0) is 13.7. The minimum absolute atomic E-state index is 0.256. The number of nitrogens with zero attached hydrogens (tertiary/aromatic N) is 1. The van der Waals surface area contributed by atoms with Gasteiger partial charge < -0.3 is 15.4 Å². The van der Waals surface area contributed by atoms with Gasteiger partial charge in [0.1, 0.15) is 0 Å². The van der Waals surface area contributed by atoms with Gasteiger partial charge in [-0.1, -0.05) is 12.1 Å². The summed E-state index contributed by atoms with van der Waals surface area (Å²) in [4.78, 5) is 2.25. The maximum atomic E-state index is 13.6. The van der Waals surface area contributed by atoms with E-state index in [9.17, 15) is 8.78 Å². The van der Waals surface area contributed by atoms with Crippen molar-refractivity contribution in [2.24, 2.45) is 5.73 Å². The molecule has 1 aromatic carbocycles. The van der Waals surface area contributed by atoms with Gasteiger partial charge in [0.15, 0.2) is 11.6 Å². The molecular weight excluding hydrogens is 250 g/mol. The third kappa shape index (κ3) is 3.96. The Bertz CT molecular complexity index is 406. The monoisotopic (exact) mass is 270 g/mol. The van der Waals surface area contributed by atoms with Crippen LogP contribution in [-0.4, -0.2) is 37.7 Å². The molecule has 1 fully saturated rings. The second-order valence-corrected chi connectivity index (χ2v) is 4.85. The number of hydrogen-bond donors (Lipinski definition) is 1. The van der Waals surface area contributed by atoms with Gasteiger partial charge in [0.25, 0.3) is 0 Å². The first-order chi connectivity index (χ1) is 9.18. The Labute approximate surface area is 112 Å². The number of halogens is 2. The Hall–Kier alpha value is -1.04. The van der Waals surface area contributed by atoms with Crippen LogP contribution < -0.4 is 5.73 Å². The predicted molar refractivity (Wildman–Crippen MR) is 69.8 cm³/mol. The van der Waals surface area contributed by atoms with Crippen molar-refractivity contribution in [3.05, 3.63) is 35.4 Å². The SMILES string of the molecule is NC(CCN1CCCOCC1)c1cccc(F)c1F. The van der Waals surface area contributed by atoms with Crippen LogP contribution in [0.2, 0.25) is 0 Å². The van der Waals surface area contributed by atoms with Crippen LogP contribution in [0.3, 0.4) is 0 Å². The molecule has 0 aliphatic carbocycles. The lowest BCUT2D eigenvalue weighted by Gasteiger charge is -2.21. The van der Waals surface area contributed by atoms with Crippen LogP contribution in [0.5, 0.6) is 0 Å². The first-order valence-electron chi connectivity index (χ1n) is 6.68. The van der Waals surface area contributed by atoms with Gasteiger partial charge >= 0.3 is 0 Å². The fourth-order valence-electron chi connectivity index (χ4n) is 2.31. The van der Waals surface area contributed by atoms with Crippen molar-refractivity contribution < 1.29 is 13.5 Å². The van der Waals surface area contributed by atoms with E-state index in [0.717, 1.165) is 45.3 Å². The van der Waals surface area contributed by atoms with Crippen LogP contribution in [0.1, 0.15) is 24.4 Å². The molecule has 0 amide bonds. The van der Waals surface area contributed by atoms with E-state index in [1.165, 1.54) is 6.07 Å². The summed E-state index contributed by atoms with van der Waals surface area (Å²) in [6.45, 7) is 4.14. The van der Waals surface area contributed by atoms with Gasteiger partial charge in [-0.3, -0.25) is 0 Å². The molecule has 0 bridgehead atoms. The Morgan fingerprint density at radius 3 is 2.95 bits per heavy atom. The van der Waals surface area contributed by atoms with Crippen molar-refractivity contribution in [2.45, 2.75) is 18.9 Å². The van der Waals surface area contributed by atoms with Gasteiger partial charge in [0.2, 0.25) is 0 Å². The van der Waals surface area contributed by atoms with E-state index in [2.05, 4.69) is 4.90 Å². The van der Waals surface area contributed by atoms with Gasteiger partial charge in [-0.15, -0.1) is 0 Å². The molecule has 1 aliphatic heterocycles. The maximum Gasteiger partial charge on any atom is 0.163 e. The van der Waals surface area contributed by atoms with Crippen molar-refractivity contribution in [2.75, 3.05) is 32.8 Å². The summed E-state index contributed by atoms with van der Waals surface area (Å²) < 4.78 is 32.1. The molecule has 0 radical (unpaired) electrons. The van der Waals surface area contributed by atoms with E-state index in [1.807, 2.05) is 0 Å². The molecule has 0 aromatic heterocycles. The zero-order valence-corrected chi connectivity index (χ0v) is 10.9. The van der Waals surface area contributed by atoms with Crippen LogP contribution >= 0.6 is 0 Å². The fourth-order valence-corrected chi connectivity index (χ4v) is 2.31. The minimum atomic E-state index is -0.837. The molecule has 19 heavy (non-hydrogen) atoms. The predicted octanol–water partition coefficient (Wildman–Crippen LogP) is 2.08. The highest BCUT2D eigenvalue weighted by Gasteiger charge is 2.16. The number of ether oxygens (including phenoxy) is 1. The summed E-state index contributed by atoms with van der Waals surface area (Å²) in [5.41, 5.74) is 6.21. The van der Waals surface area contributed by atoms with Gasteiger partial charge in [-0.2, -0.15) is 0 Å². The zero-order valence-electron chi connectivity index (χ0n) is 10.9. The van der Waals surface area contributed by atoms with E-state index in [1.54, 1.807) is 6.07 Å². The van der Waals surface area contributed by atoms with Crippen molar-refractivity contribution in [3.63, 3.8) is 0 Å². The molecule has 1 aromatic rings. The fraction of sp³-hybridized carbons (Fsp3) is 0.571. The van der Waals surface area contributed by atoms with Crippen LogP contribution in [-0.2, 0) is 4.74 Å². The summed E-state index contributed by atoms with van der Waals surface area (Å²) >= 11 is 0. The largest absolute Gasteiger partial charge is 0.380 e. The summed E-state index contributed by atoms with van der Waals surface area (Å²) in [5.74, 6) is -1.66. The Kier molecular flexibility index (Phi) is 5.24. The first kappa shape index (κ1) is 14.4. The quantitative estimate of drug-likeness (QED) is 0.910. The lowest BCUT2D eigenvalue weighted by Crippen LogP contribution is -2.30. The Balaban J connectivity index is 1.89. The van der Waals surface area contributed by atoms with Crippen molar-refractivity contribution >= 4 is 0 Å². The third-order valence-corrected chi connectivity index (χ3v) is 3.45. The molecule has 3 nitrogen and oxygen atoms in total. The van der Waals surface area contributed by atoms with Crippen LogP contribution in [0, 0.1) is 11.6 Å². The van der Waals surface area contributed by atoms with Crippen molar-refractivity contribution in [3.8, 4) is 0 Å². The third-order valence-electron chi connectivity index (χ3n) is 3.45. The van der Waals surface area contributed by atoms with Gasteiger partial charge in [-0.25, -0.2) is 8.78 Å². The number of rotatable bonds is 4. The van der Waals surface area contributed by atoms with Crippen LogP contribution in [0.15, 0.2) is 18.2 Å². The number of hydrogen-bond acceptors (Lipinski definition) is 3. The molecule has 0 saturated carbocycles. The smallest absolute Gasteiger partial charge is 0.163 e. The van der Waals surface area contributed by atoms with Crippen molar-refractivity contribution in [1.29, 1.82) is 0 Å². The molecule has 1 saturated heterocycles. The molecule has 1 heterocycles. The number of benzene rings is 1. The van der Waals surface area contributed by atoms with E-state index >= 15 is 0 Å². The normalized spacial score (nSPS) is 19.1. The molecule has 2 N–H and O–H groups in total. The molecule has 2 rings (SSSR count). The topological polar surface area (TPSA) is 38.5 Å². The molecule has 1 unspecified atom stereocenters. The average Bonchev–Trinajstić information content (AvgIpc) is 2.68. The summed E-state index contributed by atoms with van der Waals surface area (Å²) in [6.07, 6.45) is 1.62. The second kappa shape index (κ2) is 6.93. The van der Waals surface area contributed by atoms with Gasteiger partial charge in [0.05, 0.1) is 6.61 Å². The first-order valence-corrected chi connectivity index (χ1v) is 6.68. The van der Waals surface area contributed by atoms with Gasteiger partial charge in [0, 0.05) is 37.8 Å². The summed E-state index contributed by atoms with van der Waals surface area (Å²) in [7, 11) is 0. The molecule has 1 aliphatic rings. The molecular formula is C14H20F2N2O.